The molecule has 0 aromatic heterocycles. The highest BCUT2D eigenvalue weighted by atomic mass is 15.1. The van der Waals surface area contributed by atoms with Crippen molar-refractivity contribution in [3.05, 3.63) is 0 Å². The molecule has 3 heteroatoms. The molecule has 15 heavy (non-hydrogen) atoms. The Balaban J connectivity index is 2.14. The Bertz CT molecular complexity index is 222. The van der Waals surface area contributed by atoms with Crippen molar-refractivity contribution in [2.24, 2.45) is 5.41 Å². The van der Waals surface area contributed by atoms with E-state index in [9.17, 15) is 0 Å². The van der Waals surface area contributed by atoms with E-state index in [1.54, 1.807) is 0 Å². The molecule has 0 atom stereocenters. The van der Waals surface area contributed by atoms with Gasteiger partial charge in [0, 0.05) is 6.04 Å². The van der Waals surface area contributed by atoms with Crippen LogP contribution in [0.3, 0.4) is 0 Å². The molecule has 0 aromatic carbocycles. The second-order valence-corrected chi connectivity index (χ2v) is 5.28. The van der Waals surface area contributed by atoms with Crippen LogP contribution in [0, 0.1) is 16.7 Å². The molecule has 1 heterocycles. The van der Waals surface area contributed by atoms with Gasteiger partial charge in [-0.15, -0.1) is 0 Å². The van der Waals surface area contributed by atoms with Crippen molar-refractivity contribution in [2.75, 3.05) is 26.7 Å². The Morgan fingerprint density at radius 2 is 2.00 bits per heavy atom. The van der Waals surface area contributed by atoms with Crippen molar-refractivity contribution >= 4 is 0 Å². The SMILES string of the molecule is CN1CCC(NCCC(C)(C)C#N)CC1. The summed E-state index contributed by atoms with van der Waals surface area (Å²) in [6, 6.07) is 3.00. The van der Waals surface area contributed by atoms with Gasteiger partial charge < -0.3 is 10.2 Å². The molecule has 1 N–H and O–H groups in total. The quantitative estimate of drug-likeness (QED) is 0.764. The number of nitrogens with one attached hydrogen (secondary N) is 1. The van der Waals surface area contributed by atoms with Crippen LogP contribution < -0.4 is 5.32 Å². The molecule has 86 valence electrons. The van der Waals surface area contributed by atoms with Crippen LogP contribution in [0.1, 0.15) is 33.1 Å². The maximum atomic E-state index is 8.88. The van der Waals surface area contributed by atoms with Gasteiger partial charge in [-0.05, 0) is 59.8 Å². The smallest absolute Gasteiger partial charge is 0.0684 e. The minimum atomic E-state index is -0.182. The zero-order chi connectivity index (χ0) is 11.3. The average molecular weight is 209 g/mol. The van der Waals surface area contributed by atoms with Gasteiger partial charge in [0.2, 0.25) is 0 Å². The first-order valence-electron chi connectivity index (χ1n) is 5.87. The molecule has 1 rings (SSSR count). The number of hydrogen-bond acceptors (Lipinski definition) is 3. The summed E-state index contributed by atoms with van der Waals surface area (Å²) in [5.41, 5.74) is -0.182. The van der Waals surface area contributed by atoms with Crippen molar-refractivity contribution in [3.63, 3.8) is 0 Å². The van der Waals surface area contributed by atoms with Crippen molar-refractivity contribution < 1.29 is 0 Å². The summed E-state index contributed by atoms with van der Waals surface area (Å²) in [7, 11) is 2.18. The Morgan fingerprint density at radius 1 is 1.40 bits per heavy atom. The van der Waals surface area contributed by atoms with Gasteiger partial charge in [0.15, 0.2) is 0 Å². The second-order valence-electron chi connectivity index (χ2n) is 5.28. The molecular weight excluding hydrogens is 186 g/mol. The highest BCUT2D eigenvalue weighted by Crippen LogP contribution is 2.18. The molecule has 0 radical (unpaired) electrons. The first-order chi connectivity index (χ1) is 7.03. The summed E-state index contributed by atoms with van der Waals surface area (Å²) in [5.74, 6) is 0. The van der Waals surface area contributed by atoms with Gasteiger partial charge in [-0.3, -0.25) is 0 Å². The zero-order valence-corrected chi connectivity index (χ0v) is 10.2. The van der Waals surface area contributed by atoms with E-state index < -0.39 is 0 Å². The van der Waals surface area contributed by atoms with Crippen LogP contribution in [0.2, 0.25) is 0 Å². The summed E-state index contributed by atoms with van der Waals surface area (Å²) in [6.07, 6.45) is 3.42. The Hall–Kier alpha value is -0.590. The van der Waals surface area contributed by atoms with Gasteiger partial charge in [-0.1, -0.05) is 0 Å². The summed E-state index contributed by atoms with van der Waals surface area (Å²) in [6.45, 7) is 7.36. The van der Waals surface area contributed by atoms with Crippen LogP contribution in [0.4, 0.5) is 0 Å². The standard InChI is InChI=1S/C12H23N3/c1-12(2,10-13)6-7-14-11-4-8-15(3)9-5-11/h11,14H,4-9H2,1-3H3. The largest absolute Gasteiger partial charge is 0.314 e. The third-order valence-electron chi connectivity index (χ3n) is 3.20. The maximum Gasteiger partial charge on any atom is 0.0684 e. The van der Waals surface area contributed by atoms with Crippen LogP contribution in [0.5, 0.6) is 0 Å². The molecule has 3 nitrogen and oxygen atoms in total. The Labute approximate surface area is 93.5 Å². The van der Waals surface area contributed by atoms with Crippen molar-refractivity contribution in [1.82, 2.24) is 10.2 Å². The van der Waals surface area contributed by atoms with Crippen LogP contribution >= 0.6 is 0 Å². The number of hydrogen-bond donors (Lipinski definition) is 1. The molecule has 0 aromatic rings. The third-order valence-corrected chi connectivity index (χ3v) is 3.20. The lowest BCUT2D eigenvalue weighted by Gasteiger charge is -2.30. The molecule has 0 amide bonds. The topological polar surface area (TPSA) is 39.1 Å². The number of likely N-dealkylation sites (tertiary alicyclic amines) is 1. The summed E-state index contributed by atoms with van der Waals surface area (Å²) >= 11 is 0. The Morgan fingerprint density at radius 3 is 2.53 bits per heavy atom. The van der Waals surface area contributed by atoms with E-state index in [1.807, 2.05) is 13.8 Å². The molecule has 1 aliphatic heterocycles. The minimum absolute atomic E-state index is 0.182. The van der Waals surface area contributed by atoms with E-state index >= 15 is 0 Å². The zero-order valence-electron chi connectivity index (χ0n) is 10.2. The molecule has 1 fully saturated rings. The van der Waals surface area contributed by atoms with Crippen LogP contribution in [-0.2, 0) is 0 Å². The Kier molecular flexibility index (Phi) is 4.56. The fourth-order valence-corrected chi connectivity index (χ4v) is 1.86. The van der Waals surface area contributed by atoms with Gasteiger partial charge in [0.25, 0.3) is 0 Å². The number of piperidine rings is 1. The molecule has 0 spiro atoms. The van der Waals surface area contributed by atoms with E-state index in [0.29, 0.717) is 6.04 Å². The highest BCUT2D eigenvalue weighted by molar-refractivity contribution is 4.92. The molecule has 1 aliphatic rings. The minimum Gasteiger partial charge on any atom is -0.314 e. The van der Waals surface area contributed by atoms with Crippen LogP contribution in [-0.4, -0.2) is 37.6 Å². The van der Waals surface area contributed by atoms with E-state index in [-0.39, 0.29) is 5.41 Å². The summed E-state index contributed by atoms with van der Waals surface area (Å²) in [5, 5.41) is 12.4. The van der Waals surface area contributed by atoms with Gasteiger partial charge in [-0.2, -0.15) is 5.26 Å². The van der Waals surface area contributed by atoms with Crippen LogP contribution in [0.25, 0.3) is 0 Å². The molecule has 0 saturated carbocycles. The third kappa shape index (κ3) is 4.63. The molecule has 0 aliphatic carbocycles. The first kappa shape index (κ1) is 12.5. The van der Waals surface area contributed by atoms with Gasteiger partial charge in [0.1, 0.15) is 0 Å². The van der Waals surface area contributed by atoms with Crippen molar-refractivity contribution in [1.29, 1.82) is 5.26 Å². The predicted octanol–water partition coefficient (Wildman–Crippen LogP) is 1.61. The van der Waals surface area contributed by atoms with Crippen LogP contribution in [0.15, 0.2) is 0 Å². The summed E-state index contributed by atoms with van der Waals surface area (Å²) < 4.78 is 0. The van der Waals surface area contributed by atoms with Crippen molar-refractivity contribution in [3.8, 4) is 6.07 Å². The van der Waals surface area contributed by atoms with E-state index in [4.69, 9.17) is 5.26 Å². The number of rotatable bonds is 4. The maximum absolute atomic E-state index is 8.88. The lowest BCUT2D eigenvalue weighted by atomic mass is 9.91. The normalized spacial score (nSPS) is 20.1. The fraction of sp³-hybridized carbons (Fsp3) is 0.917. The first-order valence-corrected chi connectivity index (χ1v) is 5.87. The summed E-state index contributed by atoms with van der Waals surface area (Å²) in [4.78, 5) is 2.37. The van der Waals surface area contributed by atoms with E-state index in [1.165, 1.54) is 25.9 Å². The molecule has 1 saturated heterocycles. The predicted molar refractivity (Wildman–Crippen MR) is 62.5 cm³/mol. The number of nitrogens with zero attached hydrogens (tertiary/aromatic N) is 2. The second kappa shape index (κ2) is 5.48. The fourth-order valence-electron chi connectivity index (χ4n) is 1.86. The lowest BCUT2D eigenvalue weighted by Crippen LogP contribution is -2.41. The molecule has 0 unspecified atom stereocenters. The molecule has 0 bridgehead atoms. The van der Waals surface area contributed by atoms with Gasteiger partial charge in [0.05, 0.1) is 11.5 Å². The average Bonchev–Trinajstić information content (AvgIpc) is 2.21. The monoisotopic (exact) mass is 209 g/mol. The number of nitriles is 1. The van der Waals surface area contributed by atoms with Crippen molar-refractivity contribution in [2.45, 2.75) is 39.2 Å². The van der Waals surface area contributed by atoms with Gasteiger partial charge >= 0.3 is 0 Å². The highest BCUT2D eigenvalue weighted by Gasteiger charge is 2.19. The molecular formula is C12H23N3. The van der Waals surface area contributed by atoms with E-state index in [2.05, 4.69) is 23.3 Å². The van der Waals surface area contributed by atoms with E-state index in [0.717, 1.165) is 13.0 Å². The lowest BCUT2D eigenvalue weighted by molar-refractivity contribution is 0.231. The van der Waals surface area contributed by atoms with Gasteiger partial charge in [-0.25, -0.2) is 0 Å².